The van der Waals surface area contributed by atoms with Gasteiger partial charge >= 0.3 is 5.63 Å². The molecule has 10 heteroatoms. The largest absolute Gasteiger partial charge is 0.493 e. The molecule has 8 nitrogen and oxygen atoms in total. The summed E-state index contributed by atoms with van der Waals surface area (Å²) in [5, 5.41) is 0.0926. The second-order valence-electron chi connectivity index (χ2n) is 9.74. The van der Waals surface area contributed by atoms with Crippen LogP contribution < -0.4 is 34.0 Å². The predicted octanol–water partition coefficient (Wildman–Crippen LogP) is 7.07. The Morgan fingerprint density at radius 3 is 2.12 bits per heavy atom. The van der Waals surface area contributed by atoms with Gasteiger partial charge in [0.05, 0.1) is 41.2 Å². The van der Waals surface area contributed by atoms with Gasteiger partial charge in [-0.2, -0.15) is 4.39 Å². The first-order valence-corrected chi connectivity index (χ1v) is 13.6. The van der Waals surface area contributed by atoms with Gasteiger partial charge in [-0.05, 0) is 79.8 Å². The van der Waals surface area contributed by atoms with Gasteiger partial charge in [0.1, 0.15) is 0 Å². The fourth-order valence-electron chi connectivity index (χ4n) is 4.73. The molecule has 0 radical (unpaired) electrons. The van der Waals surface area contributed by atoms with Crippen molar-refractivity contribution in [2.45, 2.75) is 33.3 Å². The summed E-state index contributed by atoms with van der Waals surface area (Å²) in [6.45, 7) is 5.44. The molecular weight excluding hydrogens is 562 g/mol. The predicted molar refractivity (Wildman–Crippen MR) is 160 cm³/mol. The zero-order valence-electron chi connectivity index (χ0n) is 25.1. The van der Waals surface area contributed by atoms with Crippen molar-refractivity contribution in [2.75, 3.05) is 35.0 Å². The van der Waals surface area contributed by atoms with E-state index in [1.54, 1.807) is 32.2 Å². The normalized spacial score (nSPS) is 11.5. The van der Waals surface area contributed by atoms with Gasteiger partial charge in [-0.25, -0.2) is 9.18 Å². The van der Waals surface area contributed by atoms with Crippen molar-refractivity contribution in [3.05, 3.63) is 81.2 Å². The highest BCUT2D eigenvalue weighted by Gasteiger charge is 2.22. The van der Waals surface area contributed by atoms with Gasteiger partial charge in [-0.1, -0.05) is 12.1 Å². The van der Waals surface area contributed by atoms with Crippen LogP contribution in [0.3, 0.4) is 0 Å². The van der Waals surface area contributed by atoms with E-state index in [-0.39, 0.29) is 24.5 Å². The fraction of sp³-hybridized carbons (Fsp3) is 0.303. The molecule has 1 aromatic heterocycles. The van der Waals surface area contributed by atoms with Gasteiger partial charge in [0.15, 0.2) is 40.1 Å². The number of hydrogen-bond donors (Lipinski definition) is 0. The SMILES string of the molecule is CCOc1c(F)cc2c(C/C(=C/c3ccc(OC)c(OC(C)C)c3)c3cc(OC)c(OC)c(OC)c3)cc(=O)oc2c1F. The van der Waals surface area contributed by atoms with Gasteiger partial charge < -0.3 is 32.8 Å². The lowest BCUT2D eigenvalue weighted by Gasteiger charge is -2.17. The van der Waals surface area contributed by atoms with Crippen LogP contribution in [-0.4, -0.2) is 41.2 Å². The zero-order chi connectivity index (χ0) is 31.3. The summed E-state index contributed by atoms with van der Waals surface area (Å²) in [6, 6.07) is 11.3. The molecule has 0 saturated carbocycles. The van der Waals surface area contributed by atoms with Gasteiger partial charge in [0, 0.05) is 11.5 Å². The number of rotatable bonds is 12. The topological polar surface area (TPSA) is 85.6 Å². The van der Waals surface area contributed by atoms with Crippen LogP contribution in [0.15, 0.2) is 51.7 Å². The Bertz CT molecular complexity index is 1680. The summed E-state index contributed by atoms with van der Waals surface area (Å²) >= 11 is 0. The maximum absolute atomic E-state index is 15.3. The third-order valence-electron chi connectivity index (χ3n) is 6.57. The number of methoxy groups -OCH3 is 4. The number of benzene rings is 3. The molecule has 0 aliphatic carbocycles. The van der Waals surface area contributed by atoms with Gasteiger partial charge in [-0.3, -0.25) is 0 Å². The minimum Gasteiger partial charge on any atom is -0.493 e. The third kappa shape index (κ3) is 6.69. The van der Waals surface area contributed by atoms with Crippen LogP contribution in [0.25, 0.3) is 22.6 Å². The van der Waals surface area contributed by atoms with Crippen LogP contribution in [0.4, 0.5) is 8.78 Å². The number of ether oxygens (including phenoxy) is 6. The smallest absolute Gasteiger partial charge is 0.336 e. The van der Waals surface area contributed by atoms with Gasteiger partial charge in [-0.15, -0.1) is 0 Å². The van der Waals surface area contributed by atoms with Gasteiger partial charge in [0.2, 0.25) is 11.6 Å². The van der Waals surface area contributed by atoms with Crippen molar-refractivity contribution < 1.29 is 41.6 Å². The summed E-state index contributed by atoms with van der Waals surface area (Å²) in [6.07, 6.45) is 1.83. The summed E-state index contributed by atoms with van der Waals surface area (Å²) in [5.41, 5.74) is 1.18. The Labute approximate surface area is 248 Å². The molecule has 0 atom stereocenters. The molecule has 0 fully saturated rings. The lowest BCUT2D eigenvalue weighted by Crippen LogP contribution is -2.07. The number of fused-ring (bicyclic) bond motifs is 1. The van der Waals surface area contributed by atoms with Crippen molar-refractivity contribution in [1.82, 2.24) is 0 Å². The summed E-state index contributed by atoms with van der Waals surface area (Å²) in [7, 11) is 6.06. The molecule has 4 rings (SSSR count). The van der Waals surface area contributed by atoms with Crippen LogP contribution in [-0.2, 0) is 6.42 Å². The highest BCUT2D eigenvalue weighted by molar-refractivity contribution is 5.89. The highest BCUT2D eigenvalue weighted by atomic mass is 19.1. The van der Waals surface area contributed by atoms with Crippen LogP contribution in [0.1, 0.15) is 37.5 Å². The lowest BCUT2D eigenvalue weighted by molar-refractivity contribution is 0.230. The monoisotopic (exact) mass is 596 g/mol. The molecule has 1 heterocycles. The maximum atomic E-state index is 15.3. The summed E-state index contributed by atoms with van der Waals surface area (Å²) < 4.78 is 68.6. The molecule has 0 aliphatic rings. The van der Waals surface area contributed by atoms with Gasteiger partial charge in [0.25, 0.3) is 0 Å². The maximum Gasteiger partial charge on any atom is 0.336 e. The van der Waals surface area contributed by atoms with Crippen molar-refractivity contribution in [3.63, 3.8) is 0 Å². The van der Waals surface area contributed by atoms with E-state index in [0.717, 1.165) is 11.6 Å². The molecule has 3 aromatic carbocycles. The van der Waals surface area contributed by atoms with Crippen LogP contribution >= 0.6 is 0 Å². The number of allylic oxidation sites excluding steroid dienone is 1. The minimum atomic E-state index is -1.08. The van der Waals surface area contributed by atoms with Crippen molar-refractivity contribution in [3.8, 4) is 34.5 Å². The summed E-state index contributed by atoms with van der Waals surface area (Å²) in [5.74, 6) is -0.313. The third-order valence-corrected chi connectivity index (χ3v) is 6.57. The average Bonchev–Trinajstić information content (AvgIpc) is 2.98. The van der Waals surface area contributed by atoms with Crippen LogP contribution in [0, 0.1) is 11.6 Å². The quantitative estimate of drug-likeness (QED) is 0.127. The van der Waals surface area contributed by atoms with Crippen molar-refractivity contribution >= 4 is 22.6 Å². The first-order valence-electron chi connectivity index (χ1n) is 13.6. The van der Waals surface area contributed by atoms with Crippen molar-refractivity contribution in [1.29, 1.82) is 0 Å². The van der Waals surface area contributed by atoms with E-state index in [1.807, 2.05) is 32.1 Å². The van der Waals surface area contributed by atoms with Crippen molar-refractivity contribution in [2.24, 2.45) is 0 Å². The Balaban J connectivity index is 1.97. The highest BCUT2D eigenvalue weighted by Crippen LogP contribution is 2.42. The Morgan fingerprint density at radius 2 is 1.53 bits per heavy atom. The Morgan fingerprint density at radius 1 is 0.860 bits per heavy atom. The molecule has 0 aliphatic heterocycles. The molecule has 0 unspecified atom stereocenters. The molecule has 0 saturated heterocycles. The summed E-state index contributed by atoms with van der Waals surface area (Å²) in [4.78, 5) is 12.6. The average molecular weight is 597 g/mol. The zero-order valence-corrected chi connectivity index (χ0v) is 25.1. The minimum absolute atomic E-state index is 0.0294. The van der Waals surface area contributed by atoms with Crippen LogP contribution in [0.2, 0.25) is 0 Å². The van der Waals surface area contributed by atoms with E-state index >= 15 is 4.39 Å². The lowest BCUT2D eigenvalue weighted by atomic mass is 9.93. The van der Waals surface area contributed by atoms with Crippen LogP contribution in [0.5, 0.6) is 34.5 Å². The molecular formula is C33H34F2O8. The van der Waals surface area contributed by atoms with E-state index in [0.29, 0.717) is 45.4 Å². The molecule has 0 spiro atoms. The molecule has 0 bridgehead atoms. The first-order chi connectivity index (χ1) is 20.6. The second kappa shape index (κ2) is 13.5. The fourth-order valence-corrected chi connectivity index (χ4v) is 4.73. The molecule has 43 heavy (non-hydrogen) atoms. The van der Waals surface area contributed by atoms with E-state index in [2.05, 4.69) is 0 Å². The van der Waals surface area contributed by atoms with E-state index in [4.69, 9.17) is 32.8 Å². The molecule has 228 valence electrons. The second-order valence-corrected chi connectivity index (χ2v) is 9.74. The molecule has 4 aromatic rings. The standard InChI is InChI=1S/C33H34F2O8/c1-8-41-32-24(34)17-23-22(16-29(36)43-31(23)30(32)35)13-20(21-14-27(38-5)33(40-7)28(15-21)39-6)11-19-9-10-25(37-4)26(12-19)42-18(2)3/h9-12,14-18H,8,13H2,1-7H3/b20-11-. The molecule has 0 amide bonds. The van der Waals surface area contributed by atoms with E-state index in [9.17, 15) is 9.18 Å². The molecule has 0 N–H and O–H groups in total. The Kier molecular flexibility index (Phi) is 9.80. The first kappa shape index (κ1) is 31.2. The van der Waals surface area contributed by atoms with E-state index < -0.39 is 28.6 Å². The number of halogens is 2. The Hall–Kier alpha value is -4.73. The van der Waals surface area contributed by atoms with E-state index in [1.165, 1.54) is 27.4 Å². The number of hydrogen-bond acceptors (Lipinski definition) is 8.